The van der Waals surface area contributed by atoms with Crippen LogP contribution in [0.4, 0.5) is 23.7 Å². The second-order valence-electron chi connectivity index (χ2n) is 5.60. The van der Waals surface area contributed by atoms with Crippen LogP contribution in [0.2, 0.25) is 0 Å². The van der Waals surface area contributed by atoms with E-state index in [1.165, 1.54) is 19.2 Å². The van der Waals surface area contributed by atoms with Gasteiger partial charge >= 0.3 is 12.3 Å². The number of methoxy groups -OCH3 is 1. The molecule has 0 aliphatic carbocycles. The maximum Gasteiger partial charge on any atom is 0.416 e. The number of amides is 1. The molecule has 150 valence electrons. The third-order valence-electron chi connectivity index (χ3n) is 3.56. The minimum absolute atomic E-state index is 0.0121. The Morgan fingerprint density at radius 3 is 2.57 bits per heavy atom. The summed E-state index contributed by atoms with van der Waals surface area (Å²) in [6.07, 6.45) is -1.56. The highest BCUT2D eigenvalue weighted by atomic mass is 19.4. The van der Waals surface area contributed by atoms with Crippen molar-refractivity contribution >= 4 is 17.9 Å². The number of anilines is 1. The smallest absolute Gasteiger partial charge is 0.416 e. The first-order valence-corrected chi connectivity index (χ1v) is 8.38. The van der Waals surface area contributed by atoms with Crippen molar-refractivity contribution in [2.45, 2.75) is 13.1 Å². The third-order valence-corrected chi connectivity index (χ3v) is 3.56. The zero-order valence-electron chi connectivity index (χ0n) is 15.4. The third kappa shape index (κ3) is 6.22. The molecule has 28 heavy (non-hydrogen) atoms. The average molecular weight is 395 g/mol. The van der Waals surface area contributed by atoms with Gasteiger partial charge in [-0.1, -0.05) is 24.3 Å². The van der Waals surface area contributed by atoms with Gasteiger partial charge in [-0.15, -0.1) is 0 Å². The average Bonchev–Trinajstić information content (AvgIpc) is 2.65. The summed E-state index contributed by atoms with van der Waals surface area (Å²) in [5, 5.41) is 2.25. The van der Waals surface area contributed by atoms with E-state index in [1.807, 2.05) is 25.1 Å². The Labute approximate surface area is 160 Å². The van der Waals surface area contributed by atoms with Gasteiger partial charge in [-0.25, -0.2) is 4.79 Å². The molecule has 0 atom stereocenters. The lowest BCUT2D eigenvalue weighted by Crippen LogP contribution is -2.18. The SMILES string of the molecule is CC=Cc1ccc(OCCOC(=O)Nc2cccc(C(F)(F)F)c2)c(OC)c1. The van der Waals surface area contributed by atoms with E-state index in [-0.39, 0.29) is 18.9 Å². The fraction of sp³-hybridized carbons (Fsp3) is 0.250. The van der Waals surface area contributed by atoms with E-state index in [0.29, 0.717) is 11.5 Å². The maximum absolute atomic E-state index is 12.7. The van der Waals surface area contributed by atoms with Crippen LogP contribution in [0.1, 0.15) is 18.1 Å². The van der Waals surface area contributed by atoms with Crippen molar-refractivity contribution in [3.8, 4) is 11.5 Å². The molecule has 8 heteroatoms. The fourth-order valence-corrected chi connectivity index (χ4v) is 2.31. The number of alkyl halides is 3. The summed E-state index contributed by atoms with van der Waals surface area (Å²) in [5.74, 6) is 1.02. The van der Waals surface area contributed by atoms with Gasteiger partial charge in [0, 0.05) is 5.69 Å². The summed E-state index contributed by atoms with van der Waals surface area (Å²) in [7, 11) is 1.51. The van der Waals surface area contributed by atoms with Crippen molar-refractivity contribution in [1.82, 2.24) is 0 Å². The summed E-state index contributed by atoms with van der Waals surface area (Å²) in [4.78, 5) is 11.7. The number of hydrogen-bond acceptors (Lipinski definition) is 4. The quantitative estimate of drug-likeness (QED) is 0.640. The normalized spacial score (nSPS) is 11.3. The van der Waals surface area contributed by atoms with E-state index in [2.05, 4.69) is 5.32 Å². The molecule has 2 rings (SSSR count). The van der Waals surface area contributed by atoms with Crippen LogP contribution in [0.15, 0.2) is 48.5 Å². The van der Waals surface area contributed by atoms with Gasteiger partial charge in [0.05, 0.1) is 12.7 Å². The van der Waals surface area contributed by atoms with E-state index >= 15 is 0 Å². The van der Waals surface area contributed by atoms with Crippen LogP contribution >= 0.6 is 0 Å². The predicted octanol–water partition coefficient (Wildman–Crippen LogP) is 5.37. The molecule has 0 aliphatic heterocycles. The summed E-state index contributed by atoms with van der Waals surface area (Å²) in [5.41, 5.74) is 0.0764. The number of hydrogen-bond donors (Lipinski definition) is 1. The second-order valence-corrected chi connectivity index (χ2v) is 5.60. The first-order valence-electron chi connectivity index (χ1n) is 8.38. The van der Waals surface area contributed by atoms with Gasteiger partial charge in [0.2, 0.25) is 0 Å². The lowest BCUT2D eigenvalue weighted by Gasteiger charge is -2.12. The van der Waals surface area contributed by atoms with Gasteiger partial charge in [0.25, 0.3) is 0 Å². The molecule has 0 aliphatic rings. The lowest BCUT2D eigenvalue weighted by atomic mass is 10.2. The predicted molar refractivity (Wildman–Crippen MR) is 99.6 cm³/mol. The monoisotopic (exact) mass is 395 g/mol. The molecule has 2 aromatic rings. The molecule has 5 nitrogen and oxygen atoms in total. The standard InChI is InChI=1S/C20H20F3NO4/c1-3-5-14-8-9-17(18(12-14)26-2)27-10-11-28-19(25)24-16-7-4-6-15(13-16)20(21,22)23/h3-9,12-13H,10-11H2,1-2H3,(H,24,25). The lowest BCUT2D eigenvalue weighted by molar-refractivity contribution is -0.137. The van der Waals surface area contributed by atoms with Crippen LogP contribution in [0.25, 0.3) is 6.08 Å². The molecule has 1 amide bonds. The Morgan fingerprint density at radius 2 is 1.89 bits per heavy atom. The van der Waals surface area contributed by atoms with E-state index in [9.17, 15) is 18.0 Å². The molecule has 0 fully saturated rings. The Balaban J connectivity index is 1.83. The molecule has 0 spiro atoms. The number of carbonyl (C=O) groups is 1. The Hall–Kier alpha value is -3.16. The van der Waals surface area contributed by atoms with E-state index in [1.54, 1.807) is 12.1 Å². The van der Waals surface area contributed by atoms with Crippen LogP contribution < -0.4 is 14.8 Å². The molecule has 0 bridgehead atoms. The van der Waals surface area contributed by atoms with Crippen LogP contribution in [-0.4, -0.2) is 26.4 Å². The number of allylic oxidation sites excluding steroid dienone is 1. The van der Waals surface area contributed by atoms with Gasteiger partial charge in [-0.2, -0.15) is 13.2 Å². The van der Waals surface area contributed by atoms with Crippen LogP contribution in [0.5, 0.6) is 11.5 Å². The van der Waals surface area contributed by atoms with E-state index < -0.39 is 17.8 Å². The molecule has 0 heterocycles. The maximum atomic E-state index is 12.7. The summed E-state index contributed by atoms with van der Waals surface area (Å²) in [6.45, 7) is 1.86. The van der Waals surface area contributed by atoms with E-state index in [0.717, 1.165) is 17.7 Å². The van der Waals surface area contributed by atoms with Gasteiger partial charge < -0.3 is 14.2 Å². The summed E-state index contributed by atoms with van der Waals surface area (Å²) < 4.78 is 53.7. The number of nitrogens with one attached hydrogen (secondary N) is 1. The molecule has 2 aromatic carbocycles. The van der Waals surface area contributed by atoms with Crippen molar-refractivity contribution in [1.29, 1.82) is 0 Å². The molecular weight excluding hydrogens is 375 g/mol. The molecule has 0 saturated heterocycles. The van der Waals surface area contributed by atoms with Crippen molar-refractivity contribution < 1.29 is 32.2 Å². The Morgan fingerprint density at radius 1 is 1.11 bits per heavy atom. The Kier molecular flexibility index (Phi) is 7.31. The minimum Gasteiger partial charge on any atom is -0.493 e. The number of rotatable bonds is 7. The Bertz CT molecular complexity index is 834. The molecule has 0 aromatic heterocycles. The van der Waals surface area contributed by atoms with E-state index in [4.69, 9.17) is 14.2 Å². The molecule has 0 saturated carbocycles. The highest BCUT2D eigenvalue weighted by Crippen LogP contribution is 2.31. The van der Waals surface area contributed by atoms with Crippen LogP contribution in [0.3, 0.4) is 0 Å². The second kappa shape index (κ2) is 9.68. The number of carbonyl (C=O) groups excluding carboxylic acids is 1. The number of halogens is 3. The van der Waals surface area contributed by atoms with Crippen molar-refractivity contribution in [2.24, 2.45) is 0 Å². The summed E-state index contributed by atoms with van der Waals surface area (Å²) in [6, 6.07) is 9.66. The van der Waals surface area contributed by atoms with Gasteiger partial charge in [-0.05, 0) is 42.8 Å². The zero-order chi connectivity index (χ0) is 20.6. The van der Waals surface area contributed by atoms with Crippen LogP contribution in [-0.2, 0) is 10.9 Å². The van der Waals surface area contributed by atoms with Crippen molar-refractivity contribution in [3.63, 3.8) is 0 Å². The van der Waals surface area contributed by atoms with Crippen molar-refractivity contribution in [3.05, 3.63) is 59.7 Å². The largest absolute Gasteiger partial charge is 0.493 e. The molecule has 0 radical (unpaired) electrons. The highest BCUT2D eigenvalue weighted by Gasteiger charge is 2.30. The van der Waals surface area contributed by atoms with Crippen LogP contribution in [0, 0.1) is 0 Å². The molecular formula is C20H20F3NO4. The van der Waals surface area contributed by atoms with Gasteiger partial charge in [-0.3, -0.25) is 5.32 Å². The fourth-order valence-electron chi connectivity index (χ4n) is 2.31. The number of ether oxygens (including phenoxy) is 3. The first-order chi connectivity index (χ1) is 13.3. The molecule has 1 N–H and O–H groups in total. The zero-order valence-corrected chi connectivity index (χ0v) is 15.4. The van der Waals surface area contributed by atoms with Gasteiger partial charge in [0.1, 0.15) is 13.2 Å². The van der Waals surface area contributed by atoms with Gasteiger partial charge in [0.15, 0.2) is 11.5 Å². The molecule has 0 unspecified atom stereocenters. The van der Waals surface area contributed by atoms with Crippen molar-refractivity contribution in [2.75, 3.05) is 25.6 Å². The minimum atomic E-state index is -4.49. The number of benzene rings is 2. The summed E-state index contributed by atoms with van der Waals surface area (Å²) >= 11 is 0. The first kappa shape index (κ1) is 21.1. The topological polar surface area (TPSA) is 56.8 Å². The highest BCUT2D eigenvalue weighted by molar-refractivity contribution is 5.84.